The van der Waals surface area contributed by atoms with E-state index in [0.29, 0.717) is 0 Å². The van der Waals surface area contributed by atoms with Gasteiger partial charge in [0.25, 0.3) is 0 Å². The van der Waals surface area contributed by atoms with Crippen LogP contribution in [0.3, 0.4) is 0 Å². The van der Waals surface area contributed by atoms with Gasteiger partial charge in [-0.1, -0.05) is 13.8 Å². The fraction of sp³-hybridized carbons (Fsp3) is 0.923. The summed E-state index contributed by atoms with van der Waals surface area (Å²) >= 11 is 0. The Labute approximate surface area is 104 Å². The molecule has 1 heterocycles. The Morgan fingerprint density at radius 1 is 1.29 bits per heavy atom. The lowest BCUT2D eigenvalue weighted by Crippen LogP contribution is -2.51. The van der Waals surface area contributed by atoms with Gasteiger partial charge in [0, 0.05) is 13.1 Å². The van der Waals surface area contributed by atoms with Crippen molar-refractivity contribution in [2.75, 3.05) is 13.1 Å². The van der Waals surface area contributed by atoms with Gasteiger partial charge in [0.15, 0.2) is 0 Å². The lowest BCUT2D eigenvalue weighted by molar-refractivity contribution is -0.174. The van der Waals surface area contributed by atoms with Crippen LogP contribution in [0, 0.1) is 11.3 Å². The third kappa shape index (κ3) is 3.42. The second kappa shape index (κ2) is 4.94. The predicted molar refractivity (Wildman–Crippen MR) is 68.1 cm³/mol. The zero-order valence-corrected chi connectivity index (χ0v) is 11.7. The van der Waals surface area contributed by atoms with Crippen LogP contribution in [0.5, 0.6) is 0 Å². The van der Waals surface area contributed by atoms with Gasteiger partial charge in [-0.05, 0) is 39.5 Å². The molecule has 100 valence electrons. The molecule has 4 heteroatoms. The highest BCUT2D eigenvalue weighted by molar-refractivity contribution is 5.77. The van der Waals surface area contributed by atoms with Crippen LogP contribution in [0.25, 0.3) is 0 Å². The molecule has 2 N–H and O–H groups in total. The molecule has 1 fully saturated rings. The first-order valence-electron chi connectivity index (χ1n) is 6.40. The minimum Gasteiger partial charge on any atom is -0.460 e. The van der Waals surface area contributed by atoms with E-state index in [1.54, 1.807) is 5.01 Å². The number of nitrogens with zero attached hydrogens (tertiary/aromatic N) is 1. The number of esters is 1. The zero-order chi connectivity index (χ0) is 13.3. The lowest BCUT2D eigenvalue weighted by Gasteiger charge is -2.42. The summed E-state index contributed by atoms with van der Waals surface area (Å²) in [6.45, 7) is 11.5. The highest BCUT2D eigenvalue weighted by Gasteiger charge is 2.46. The molecule has 0 amide bonds. The maximum atomic E-state index is 12.4. The Balaban J connectivity index is 2.82. The van der Waals surface area contributed by atoms with Crippen molar-refractivity contribution in [3.8, 4) is 0 Å². The van der Waals surface area contributed by atoms with Gasteiger partial charge in [-0.2, -0.15) is 0 Å². The van der Waals surface area contributed by atoms with E-state index in [1.807, 2.05) is 20.8 Å². The number of hydrogen-bond acceptors (Lipinski definition) is 4. The SMILES string of the molecule is CC(C)C1(C(=O)OC(C)(C)C)CCN(N)CC1. The molecule has 0 aromatic rings. The largest absolute Gasteiger partial charge is 0.460 e. The molecule has 1 aliphatic rings. The molecule has 0 aromatic heterocycles. The Hall–Kier alpha value is -0.610. The number of carbonyl (C=O) groups excluding carboxylic acids is 1. The Kier molecular flexibility index (Phi) is 4.20. The minimum atomic E-state index is -0.418. The number of rotatable bonds is 2. The molecule has 4 nitrogen and oxygen atoms in total. The van der Waals surface area contributed by atoms with E-state index in [2.05, 4.69) is 13.8 Å². The number of ether oxygens (including phenoxy) is 1. The quantitative estimate of drug-likeness (QED) is 0.594. The number of hydrogen-bond donors (Lipinski definition) is 1. The van der Waals surface area contributed by atoms with Gasteiger partial charge < -0.3 is 4.74 Å². The molecule has 0 aromatic carbocycles. The number of nitrogens with two attached hydrogens (primary N) is 1. The van der Waals surface area contributed by atoms with Crippen molar-refractivity contribution in [3.05, 3.63) is 0 Å². The van der Waals surface area contributed by atoms with Crippen molar-refractivity contribution >= 4 is 5.97 Å². The van der Waals surface area contributed by atoms with Gasteiger partial charge in [0.2, 0.25) is 0 Å². The number of piperidine rings is 1. The Morgan fingerprint density at radius 2 is 1.76 bits per heavy atom. The van der Waals surface area contributed by atoms with Crippen molar-refractivity contribution in [1.29, 1.82) is 0 Å². The number of carbonyl (C=O) groups is 1. The highest BCUT2D eigenvalue weighted by atomic mass is 16.6. The van der Waals surface area contributed by atoms with E-state index in [9.17, 15) is 4.79 Å². The third-order valence-electron chi connectivity index (χ3n) is 3.60. The van der Waals surface area contributed by atoms with Gasteiger partial charge >= 0.3 is 5.97 Å². The fourth-order valence-electron chi connectivity index (χ4n) is 2.32. The fourth-order valence-corrected chi connectivity index (χ4v) is 2.32. The van der Waals surface area contributed by atoms with Gasteiger partial charge in [0.1, 0.15) is 5.60 Å². The van der Waals surface area contributed by atoms with Gasteiger partial charge in [-0.3, -0.25) is 10.6 Å². The van der Waals surface area contributed by atoms with Crippen LogP contribution in [-0.2, 0) is 9.53 Å². The molecule has 17 heavy (non-hydrogen) atoms. The topological polar surface area (TPSA) is 55.6 Å². The van der Waals surface area contributed by atoms with E-state index in [1.165, 1.54) is 0 Å². The summed E-state index contributed by atoms with van der Waals surface area (Å²) in [7, 11) is 0. The first kappa shape index (κ1) is 14.5. The van der Waals surface area contributed by atoms with Crippen LogP contribution < -0.4 is 5.84 Å². The molecule has 1 aliphatic heterocycles. The van der Waals surface area contributed by atoms with E-state index in [4.69, 9.17) is 10.6 Å². The van der Waals surface area contributed by atoms with Crippen LogP contribution in [0.2, 0.25) is 0 Å². The first-order valence-corrected chi connectivity index (χ1v) is 6.40. The van der Waals surface area contributed by atoms with Crippen molar-refractivity contribution < 1.29 is 9.53 Å². The van der Waals surface area contributed by atoms with Crippen LogP contribution in [-0.4, -0.2) is 29.7 Å². The van der Waals surface area contributed by atoms with Gasteiger partial charge in [-0.25, -0.2) is 5.01 Å². The summed E-state index contributed by atoms with van der Waals surface area (Å²) in [6, 6.07) is 0. The molecule has 0 spiro atoms. The smallest absolute Gasteiger partial charge is 0.312 e. The van der Waals surface area contributed by atoms with Crippen LogP contribution in [0.1, 0.15) is 47.5 Å². The lowest BCUT2D eigenvalue weighted by atomic mass is 9.70. The molecule has 0 atom stereocenters. The minimum absolute atomic E-state index is 0.0619. The van der Waals surface area contributed by atoms with Crippen molar-refractivity contribution in [2.24, 2.45) is 17.2 Å². The van der Waals surface area contributed by atoms with E-state index in [0.717, 1.165) is 25.9 Å². The predicted octanol–water partition coefficient (Wildman–Crippen LogP) is 1.94. The molecule has 1 rings (SSSR count). The van der Waals surface area contributed by atoms with Crippen LogP contribution in [0.4, 0.5) is 0 Å². The summed E-state index contributed by atoms with van der Waals surface area (Å²) in [5, 5.41) is 1.78. The van der Waals surface area contributed by atoms with E-state index in [-0.39, 0.29) is 17.3 Å². The summed E-state index contributed by atoms with van der Waals surface area (Å²) < 4.78 is 5.58. The summed E-state index contributed by atoms with van der Waals surface area (Å²) in [4.78, 5) is 12.4. The Bertz CT molecular complexity index is 274. The summed E-state index contributed by atoms with van der Waals surface area (Å²) in [5.74, 6) is 5.99. The monoisotopic (exact) mass is 242 g/mol. The highest BCUT2D eigenvalue weighted by Crippen LogP contribution is 2.40. The molecule has 0 bridgehead atoms. The average Bonchev–Trinajstić information content (AvgIpc) is 2.15. The standard InChI is InChI=1S/C13H26N2O2/c1-10(2)13(6-8-15(14)9-7-13)11(16)17-12(3,4)5/h10H,6-9,14H2,1-5H3. The van der Waals surface area contributed by atoms with Crippen molar-refractivity contribution in [1.82, 2.24) is 5.01 Å². The first-order chi connectivity index (χ1) is 7.67. The number of hydrazine groups is 1. The molecular weight excluding hydrogens is 216 g/mol. The molecule has 0 saturated carbocycles. The van der Waals surface area contributed by atoms with Gasteiger partial charge in [-0.15, -0.1) is 0 Å². The van der Waals surface area contributed by atoms with Crippen molar-refractivity contribution in [3.63, 3.8) is 0 Å². The van der Waals surface area contributed by atoms with Crippen LogP contribution in [0.15, 0.2) is 0 Å². The second-order valence-corrected chi connectivity index (χ2v) is 6.35. The average molecular weight is 242 g/mol. The summed E-state index contributed by atoms with van der Waals surface area (Å²) in [6.07, 6.45) is 1.58. The normalized spacial score (nSPS) is 21.6. The maximum absolute atomic E-state index is 12.4. The van der Waals surface area contributed by atoms with E-state index >= 15 is 0 Å². The molecule has 0 unspecified atom stereocenters. The maximum Gasteiger partial charge on any atom is 0.312 e. The zero-order valence-electron chi connectivity index (χ0n) is 11.7. The second-order valence-electron chi connectivity index (χ2n) is 6.35. The van der Waals surface area contributed by atoms with Crippen LogP contribution >= 0.6 is 0 Å². The summed E-state index contributed by atoms with van der Waals surface area (Å²) in [5.41, 5.74) is -0.776. The molecular formula is C13H26N2O2. The third-order valence-corrected chi connectivity index (χ3v) is 3.60. The van der Waals surface area contributed by atoms with Gasteiger partial charge in [0.05, 0.1) is 5.41 Å². The molecule has 0 aliphatic carbocycles. The Morgan fingerprint density at radius 3 is 2.12 bits per heavy atom. The van der Waals surface area contributed by atoms with Crippen molar-refractivity contribution in [2.45, 2.75) is 53.1 Å². The van der Waals surface area contributed by atoms with E-state index < -0.39 is 5.60 Å². The molecule has 1 saturated heterocycles. The molecule has 0 radical (unpaired) electrons.